The average molecular weight is 1190 g/mol. The number of aromatic hydroxyl groups is 5. The molecule has 0 bridgehead atoms. The van der Waals surface area contributed by atoms with E-state index in [1.165, 1.54) is 0 Å². The van der Waals surface area contributed by atoms with Gasteiger partial charge in [0.1, 0.15) is 28.7 Å². The van der Waals surface area contributed by atoms with Crippen molar-refractivity contribution in [2.24, 2.45) is 0 Å². The third-order valence-electron chi connectivity index (χ3n) is 8.38. The summed E-state index contributed by atoms with van der Waals surface area (Å²) in [5.74, 6) is 1.30. The standard InChI is InChI=1S/C37H31I5O5/c1-17-5-24(6-20-4-18(2)33(43)25(7-20)9-22-13-29(39)36(46)30(40)14-22)34(44)27(19(17)3)11-21-8-26(35(45)28(38)12-21)10-23-15-31(41)37(47)32(42)16-23/h4-5,7-8,12-16,43-47H,6,9-11H2,1-3H3. The fourth-order valence-electron chi connectivity index (χ4n) is 5.83. The maximum Gasteiger partial charge on any atom is 0.142 e. The number of phenols is 5. The third kappa shape index (κ3) is 8.39. The topological polar surface area (TPSA) is 101 Å². The van der Waals surface area contributed by atoms with E-state index < -0.39 is 0 Å². The summed E-state index contributed by atoms with van der Waals surface area (Å²) < 4.78 is 3.81. The van der Waals surface area contributed by atoms with Gasteiger partial charge in [0, 0.05) is 31.2 Å². The minimum atomic E-state index is 0.244. The molecule has 0 radical (unpaired) electrons. The van der Waals surface area contributed by atoms with Crippen molar-refractivity contribution < 1.29 is 25.5 Å². The monoisotopic (exact) mass is 1190 g/mol. The van der Waals surface area contributed by atoms with E-state index >= 15 is 0 Å². The van der Waals surface area contributed by atoms with Crippen LogP contribution in [0, 0.1) is 38.6 Å². The largest absolute Gasteiger partial charge is 0.507 e. The fourth-order valence-corrected chi connectivity index (χ4v) is 10.4. The van der Waals surface area contributed by atoms with Gasteiger partial charge >= 0.3 is 0 Å². The lowest BCUT2D eigenvalue weighted by molar-refractivity contribution is 0.462. The molecule has 5 aromatic rings. The number of halogens is 5. The van der Waals surface area contributed by atoms with Gasteiger partial charge in [-0.1, -0.05) is 24.3 Å². The summed E-state index contributed by atoms with van der Waals surface area (Å²) in [5, 5.41) is 54.0. The lowest BCUT2D eigenvalue weighted by Gasteiger charge is -2.18. The Morgan fingerprint density at radius 1 is 0.383 bits per heavy atom. The van der Waals surface area contributed by atoms with Crippen LogP contribution in [0.1, 0.15) is 61.2 Å². The molecule has 0 fully saturated rings. The molecule has 0 saturated heterocycles. The van der Waals surface area contributed by atoms with E-state index in [9.17, 15) is 25.5 Å². The van der Waals surface area contributed by atoms with Crippen LogP contribution in [-0.2, 0) is 25.7 Å². The first-order chi connectivity index (χ1) is 22.1. The molecule has 0 aliphatic rings. The van der Waals surface area contributed by atoms with E-state index in [1.54, 1.807) is 0 Å². The van der Waals surface area contributed by atoms with Crippen LogP contribution in [-0.4, -0.2) is 25.5 Å². The molecule has 5 N–H and O–H groups in total. The molecule has 0 aliphatic carbocycles. The Balaban J connectivity index is 1.47. The summed E-state index contributed by atoms with van der Waals surface area (Å²) in [6, 6.07) is 17.7. The predicted octanol–water partition coefficient (Wildman–Crippen LogP) is 10.5. The first-order valence-electron chi connectivity index (χ1n) is 14.6. The lowest BCUT2D eigenvalue weighted by Crippen LogP contribution is -2.02. The first kappa shape index (κ1) is 37.0. The zero-order chi connectivity index (χ0) is 34.3. The van der Waals surface area contributed by atoms with Crippen molar-refractivity contribution in [2.75, 3.05) is 0 Å². The summed E-state index contributed by atoms with van der Waals surface area (Å²) in [6.45, 7) is 5.98. The number of aryl methyl sites for hydroxylation is 2. The summed E-state index contributed by atoms with van der Waals surface area (Å²) in [4.78, 5) is 0. The van der Waals surface area contributed by atoms with Crippen molar-refractivity contribution in [3.8, 4) is 28.7 Å². The van der Waals surface area contributed by atoms with Gasteiger partial charge in [-0.15, -0.1) is 0 Å². The molecule has 0 aromatic heterocycles. The average Bonchev–Trinajstić information content (AvgIpc) is 3.00. The maximum absolute atomic E-state index is 11.7. The highest BCUT2D eigenvalue weighted by Crippen LogP contribution is 2.37. The van der Waals surface area contributed by atoms with E-state index in [-0.39, 0.29) is 28.7 Å². The number of rotatable bonds is 8. The van der Waals surface area contributed by atoms with E-state index in [0.29, 0.717) is 25.7 Å². The Morgan fingerprint density at radius 2 is 0.745 bits per heavy atom. The van der Waals surface area contributed by atoms with Crippen LogP contribution in [0.15, 0.2) is 54.6 Å². The molecule has 0 amide bonds. The SMILES string of the molecule is Cc1cc(Cc2cc(C)c(O)c(Cc3cc(I)c(O)c(I)c3)c2)c(O)c(Cc2cc(I)c(O)c(Cc3cc(I)c(O)c(I)c3)c2)c1C. The van der Waals surface area contributed by atoms with Crippen LogP contribution in [0.25, 0.3) is 0 Å². The number of phenolic OH excluding ortho intramolecular Hbond substituents is 5. The van der Waals surface area contributed by atoms with Crippen molar-refractivity contribution >= 4 is 113 Å². The molecule has 10 heteroatoms. The first-order valence-corrected chi connectivity index (χ1v) is 20.0. The van der Waals surface area contributed by atoms with Crippen molar-refractivity contribution in [2.45, 2.75) is 46.5 Å². The van der Waals surface area contributed by atoms with Crippen molar-refractivity contribution in [1.82, 2.24) is 0 Å². The van der Waals surface area contributed by atoms with Gasteiger partial charge in [0.25, 0.3) is 0 Å². The molecule has 244 valence electrons. The fraction of sp³-hybridized carbons (Fsp3) is 0.189. The summed E-state index contributed by atoms with van der Waals surface area (Å²) >= 11 is 10.6. The molecule has 0 atom stereocenters. The van der Waals surface area contributed by atoms with E-state index in [2.05, 4.69) is 120 Å². The second-order valence-electron chi connectivity index (χ2n) is 11.8. The quantitative estimate of drug-likeness (QED) is 0.0997. The minimum Gasteiger partial charge on any atom is -0.507 e. The molecule has 0 heterocycles. The minimum absolute atomic E-state index is 0.244. The molecule has 5 nitrogen and oxygen atoms in total. The molecule has 47 heavy (non-hydrogen) atoms. The van der Waals surface area contributed by atoms with E-state index in [1.807, 2.05) is 68.4 Å². The molecular weight excluding hydrogens is 1160 g/mol. The predicted molar refractivity (Wildman–Crippen MR) is 230 cm³/mol. The highest BCUT2D eigenvalue weighted by atomic mass is 127. The molecule has 0 spiro atoms. The highest BCUT2D eigenvalue weighted by Gasteiger charge is 2.19. The lowest BCUT2D eigenvalue weighted by atomic mass is 9.89. The summed E-state index contributed by atoms with van der Waals surface area (Å²) in [6.07, 6.45) is 2.02. The van der Waals surface area contributed by atoms with Crippen LogP contribution < -0.4 is 0 Å². The number of hydrogen-bond donors (Lipinski definition) is 5. The van der Waals surface area contributed by atoms with Gasteiger partial charge in [-0.2, -0.15) is 0 Å². The number of hydrogen-bond acceptors (Lipinski definition) is 5. The van der Waals surface area contributed by atoms with Gasteiger partial charge in [0.2, 0.25) is 0 Å². The van der Waals surface area contributed by atoms with E-state index in [4.69, 9.17) is 0 Å². The van der Waals surface area contributed by atoms with Crippen molar-refractivity contribution in [3.05, 3.63) is 134 Å². The van der Waals surface area contributed by atoms with Crippen LogP contribution >= 0.6 is 113 Å². The number of benzene rings is 5. The van der Waals surface area contributed by atoms with Crippen LogP contribution in [0.4, 0.5) is 0 Å². The van der Waals surface area contributed by atoms with Gasteiger partial charge in [0.15, 0.2) is 0 Å². The molecule has 0 unspecified atom stereocenters. The smallest absolute Gasteiger partial charge is 0.142 e. The van der Waals surface area contributed by atoms with Crippen molar-refractivity contribution in [3.63, 3.8) is 0 Å². The Hall–Kier alpha value is -1.25. The van der Waals surface area contributed by atoms with Gasteiger partial charge in [-0.3, -0.25) is 0 Å². The van der Waals surface area contributed by atoms with Crippen LogP contribution in [0.5, 0.6) is 28.7 Å². The molecule has 0 saturated carbocycles. The summed E-state index contributed by atoms with van der Waals surface area (Å²) in [5.41, 5.74) is 10.1. The second kappa shape index (κ2) is 15.3. The summed E-state index contributed by atoms with van der Waals surface area (Å²) in [7, 11) is 0. The van der Waals surface area contributed by atoms with Crippen LogP contribution in [0.2, 0.25) is 0 Å². The molecule has 5 aromatic carbocycles. The Labute approximate surface area is 342 Å². The third-order valence-corrected chi connectivity index (χ3v) is 12.5. The Kier molecular flexibility index (Phi) is 12.1. The van der Waals surface area contributed by atoms with E-state index in [0.717, 1.165) is 79.0 Å². The molecule has 0 aliphatic heterocycles. The normalized spacial score (nSPS) is 11.3. The van der Waals surface area contributed by atoms with Crippen LogP contribution in [0.3, 0.4) is 0 Å². The second-order valence-corrected chi connectivity index (χ2v) is 17.6. The molecule has 5 rings (SSSR count). The zero-order valence-corrected chi connectivity index (χ0v) is 36.4. The zero-order valence-electron chi connectivity index (χ0n) is 25.7. The molecular formula is C37H31I5O5. The Bertz CT molecular complexity index is 1990. The van der Waals surface area contributed by atoms with Gasteiger partial charge < -0.3 is 25.5 Å². The van der Waals surface area contributed by atoms with Gasteiger partial charge in [0.05, 0.1) is 17.9 Å². The Morgan fingerprint density at radius 3 is 1.21 bits per heavy atom. The van der Waals surface area contributed by atoms with Crippen molar-refractivity contribution in [1.29, 1.82) is 0 Å². The highest BCUT2D eigenvalue weighted by molar-refractivity contribution is 14.1. The maximum atomic E-state index is 11.7. The van der Waals surface area contributed by atoms with Gasteiger partial charge in [-0.05, 0) is 220 Å². The van der Waals surface area contributed by atoms with Gasteiger partial charge in [-0.25, -0.2) is 0 Å².